The second kappa shape index (κ2) is 10.1. The Kier molecular flexibility index (Phi) is 6.75. The SMILES string of the molecule is O=C(NCC(CC1CC1)C(=O)N1CCC[C@@H](C(=O)O)C1)OCC1c2ccccc2-c2ccccc21. The highest BCUT2D eigenvalue weighted by molar-refractivity contribution is 5.81. The van der Waals surface area contributed by atoms with E-state index in [0.717, 1.165) is 30.4 Å². The van der Waals surface area contributed by atoms with Gasteiger partial charge in [0.05, 0.1) is 11.8 Å². The number of nitrogens with zero attached hydrogens (tertiary/aromatic N) is 1. The fraction of sp³-hybridized carbons (Fsp3) is 0.464. The first-order valence-electron chi connectivity index (χ1n) is 12.6. The number of ether oxygens (including phenoxy) is 1. The van der Waals surface area contributed by atoms with E-state index < -0.39 is 18.0 Å². The summed E-state index contributed by atoms with van der Waals surface area (Å²) in [5.41, 5.74) is 4.66. The van der Waals surface area contributed by atoms with E-state index in [1.807, 2.05) is 24.3 Å². The predicted octanol–water partition coefficient (Wildman–Crippen LogP) is 4.26. The molecule has 3 aliphatic rings. The molecule has 2 N–H and O–H groups in total. The molecule has 1 heterocycles. The van der Waals surface area contributed by atoms with E-state index >= 15 is 0 Å². The standard InChI is InChI=1S/C28H32N2O5/c31-26(30-13-5-6-19(16-30)27(32)33)20(14-18-11-12-18)15-29-28(34)35-17-25-23-9-3-1-7-21(23)22-8-2-4-10-24(22)25/h1-4,7-10,18-20,25H,5-6,11-17H2,(H,29,34)(H,32,33)/t19-,20?/m1/s1. The van der Waals surface area contributed by atoms with Crippen molar-refractivity contribution in [3.63, 3.8) is 0 Å². The Bertz CT molecular complexity index is 1070. The molecule has 0 bridgehead atoms. The molecule has 2 amide bonds. The van der Waals surface area contributed by atoms with Crippen molar-refractivity contribution >= 4 is 18.0 Å². The lowest BCUT2D eigenvalue weighted by Crippen LogP contribution is -2.47. The maximum atomic E-state index is 13.2. The minimum absolute atomic E-state index is 0.0154. The van der Waals surface area contributed by atoms with Gasteiger partial charge in [-0.05, 0) is 47.4 Å². The number of rotatable bonds is 8. The number of carboxylic acids is 1. The van der Waals surface area contributed by atoms with Gasteiger partial charge in [-0.3, -0.25) is 9.59 Å². The van der Waals surface area contributed by atoms with Crippen LogP contribution in [0.15, 0.2) is 48.5 Å². The Balaban J connectivity index is 1.18. The van der Waals surface area contributed by atoms with Crippen LogP contribution in [0.2, 0.25) is 0 Å². The third-order valence-corrected chi connectivity index (χ3v) is 7.58. The molecule has 7 heteroatoms. The average molecular weight is 477 g/mol. The van der Waals surface area contributed by atoms with Crippen LogP contribution in [0.1, 0.15) is 49.1 Å². The van der Waals surface area contributed by atoms with Crippen LogP contribution in [0.5, 0.6) is 0 Å². The molecular weight excluding hydrogens is 444 g/mol. The molecule has 2 aliphatic carbocycles. The molecule has 0 radical (unpaired) electrons. The fourth-order valence-corrected chi connectivity index (χ4v) is 5.52. The van der Waals surface area contributed by atoms with Gasteiger partial charge in [0, 0.05) is 25.6 Å². The van der Waals surface area contributed by atoms with E-state index in [2.05, 4.69) is 29.6 Å². The van der Waals surface area contributed by atoms with E-state index in [-0.39, 0.29) is 37.4 Å². The van der Waals surface area contributed by atoms with Gasteiger partial charge < -0.3 is 20.1 Å². The first kappa shape index (κ1) is 23.4. The summed E-state index contributed by atoms with van der Waals surface area (Å²) in [5, 5.41) is 12.2. The molecule has 0 aromatic heterocycles. The molecule has 7 nitrogen and oxygen atoms in total. The number of carboxylic acid groups (broad SMARTS) is 1. The molecule has 2 atom stereocenters. The molecule has 2 fully saturated rings. The van der Waals surface area contributed by atoms with Crippen molar-refractivity contribution in [2.45, 2.75) is 38.0 Å². The number of fused-ring (bicyclic) bond motifs is 3. The molecule has 1 saturated heterocycles. The van der Waals surface area contributed by atoms with Gasteiger partial charge in [-0.1, -0.05) is 61.4 Å². The largest absolute Gasteiger partial charge is 0.481 e. The lowest BCUT2D eigenvalue weighted by Gasteiger charge is -2.33. The number of aliphatic carboxylic acids is 1. The van der Waals surface area contributed by atoms with Gasteiger partial charge in [0.25, 0.3) is 0 Å². The second-order valence-electron chi connectivity index (χ2n) is 10.0. The summed E-state index contributed by atoms with van der Waals surface area (Å²) in [7, 11) is 0. The number of carbonyl (C=O) groups excluding carboxylic acids is 2. The third kappa shape index (κ3) is 5.19. The van der Waals surface area contributed by atoms with Gasteiger partial charge in [0.1, 0.15) is 6.61 Å². The van der Waals surface area contributed by atoms with Crippen LogP contribution in [0, 0.1) is 17.8 Å². The summed E-state index contributed by atoms with van der Waals surface area (Å²) in [5.74, 6) is -1.27. The zero-order valence-electron chi connectivity index (χ0n) is 19.8. The summed E-state index contributed by atoms with van der Waals surface area (Å²) >= 11 is 0. The number of piperidine rings is 1. The average Bonchev–Trinajstić information content (AvgIpc) is 3.65. The smallest absolute Gasteiger partial charge is 0.407 e. The highest BCUT2D eigenvalue weighted by Gasteiger charge is 2.35. The van der Waals surface area contributed by atoms with Gasteiger partial charge in [0.2, 0.25) is 5.91 Å². The van der Waals surface area contributed by atoms with Crippen molar-refractivity contribution in [2.75, 3.05) is 26.2 Å². The second-order valence-corrected chi connectivity index (χ2v) is 10.0. The lowest BCUT2D eigenvalue weighted by atomic mass is 9.94. The number of hydrogen-bond donors (Lipinski definition) is 2. The molecule has 2 aromatic rings. The Hall–Kier alpha value is -3.35. The van der Waals surface area contributed by atoms with Gasteiger partial charge in [-0.25, -0.2) is 4.79 Å². The van der Waals surface area contributed by atoms with Crippen LogP contribution >= 0.6 is 0 Å². The Morgan fingerprint density at radius 2 is 1.66 bits per heavy atom. The minimum Gasteiger partial charge on any atom is -0.481 e. The Labute approximate surface area is 205 Å². The van der Waals surface area contributed by atoms with Crippen molar-refractivity contribution in [3.05, 3.63) is 59.7 Å². The van der Waals surface area contributed by atoms with Crippen LogP contribution in [0.25, 0.3) is 11.1 Å². The van der Waals surface area contributed by atoms with Crippen molar-refractivity contribution in [3.8, 4) is 11.1 Å². The van der Waals surface area contributed by atoms with Crippen LogP contribution < -0.4 is 5.32 Å². The summed E-state index contributed by atoms with van der Waals surface area (Å²) in [4.78, 5) is 39.0. The molecule has 1 unspecified atom stereocenters. The van der Waals surface area contributed by atoms with E-state index in [4.69, 9.17) is 4.74 Å². The quantitative estimate of drug-likeness (QED) is 0.593. The molecule has 1 aliphatic heterocycles. The van der Waals surface area contributed by atoms with Gasteiger partial charge >= 0.3 is 12.1 Å². The lowest BCUT2D eigenvalue weighted by molar-refractivity contribution is -0.146. The molecule has 35 heavy (non-hydrogen) atoms. The van der Waals surface area contributed by atoms with Gasteiger partial charge in [-0.2, -0.15) is 0 Å². The number of benzene rings is 2. The van der Waals surface area contributed by atoms with E-state index in [1.54, 1.807) is 4.90 Å². The van der Waals surface area contributed by atoms with Crippen LogP contribution in [-0.4, -0.2) is 54.2 Å². The number of likely N-dealkylation sites (tertiary alicyclic amines) is 1. The molecule has 0 spiro atoms. The molecule has 2 aromatic carbocycles. The van der Waals surface area contributed by atoms with Gasteiger partial charge in [0.15, 0.2) is 0 Å². The van der Waals surface area contributed by atoms with Crippen molar-refractivity contribution in [1.82, 2.24) is 10.2 Å². The van der Waals surface area contributed by atoms with Gasteiger partial charge in [-0.15, -0.1) is 0 Å². The van der Waals surface area contributed by atoms with Crippen LogP contribution in [0.3, 0.4) is 0 Å². The fourth-order valence-electron chi connectivity index (χ4n) is 5.52. The van der Waals surface area contributed by atoms with Crippen molar-refractivity contribution in [2.24, 2.45) is 17.8 Å². The van der Waals surface area contributed by atoms with E-state index in [1.165, 1.54) is 11.1 Å². The van der Waals surface area contributed by atoms with Crippen molar-refractivity contribution < 1.29 is 24.2 Å². The molecule has 184 valence electrons. The molecule has 5 rings (SSSR count). The first-order chi connectivity index (χ1) is 17.0. The zero-order valence-corrected chi connectivity index (χ0v) is 19.8. The molecule has 1 saturated carbocycles. The van der Waals surface area contributed by atoms with Crippen LogP contribution in [-0.2, 0) is 14.3 Å². The highest BCUT2D eigenvalue weighted by atomic mass is 16.5. The summed E-state index contributed by atoms with van der Waals surface area (Å²) < 4.78 is 5.63. The minimum atomic E-state index is -0.849. The topological polar surface area (TPSA) is 95.9 Å². The number of hydrogen-bond acceptors (Lipinski definition) is 4. The summed E-state index contributed by atoms with van der Waals surface area (Å²) in [6, 6.07) is 16.4. The predicted molar refractivity (Wildman–Crippen MR) is 131 cm³/mol. The number of carbonyl (C=O) groups is 3. The maximum absolute atomic E-state index is 13.2. The number of alkyl carbamates (subject to hydrolysis) is 1. The maximum Gasteiger partial charge on any atom is 0.407 e. The van der Waals surface area contributed by atoms with Crippen LogP contribution in [0.4, 0.5) is 4.79 Å². The van der Waals surface area contributed by atoms with E-state index in [0.29, 0.717) is 25.3 Å². The zero-order chi connectivity index (χ0) is 24.4. The van der Waals surface area contributed by atoms with Crippen molar-refractivity contribution in [1.29, 1.82) is 0 Å². The third-order valence-electron chi connectivity index (χ3n) is 7.58. The number of nitrogens with one attached hydrogen (secondary N) is 1. The molecular formula is C28H32N2O5. The Morgan fingerprint density at radius 3 is 2.29 bits per heavy atom. The highest BCUT2D eigenvalue weighted by Crippen LogP contribution is 2.44. The first-order valence-corrected chi connectivity index (χ1v) is 12.6. The summed E-state index contributed by atoms with van der Waals surface area (Å²) in [6.45, 7) is 1.27. The Morgan fingerprint density at radius 1 is 1.00 bits per heavy atom. The monoisotopic (exact) mass is 476 g/mol. The summed E-state index contributed by atoms with van der Waals surface area (Å²) in [6.07, 6.45) is 3.70. The number of amides is 2. The normalized spacial score (nSPS) is 20.0. The van der Waals surface area contributed by atoms with E-state index in [9.17, 15) is 19.5 Å².